The smallest absolute Gasteiger partial charge is 0.325 e. The Morgan fingerprint density at radius 2 is 1.95 bits per heavy atom. The second-order valence-electron chi connectivity index (χ2n) is 4.21. The van der Waals surface area contributed by atoms with Gasteiger partial charge in [0.1, 0.15) is 11.8 Å². The molecule has 1 aromatic rings. The van der Waals surface area contributed by atoms with E-state index in [2.05, 4.69) is 5.32 Å². The molecule has 0 spiro atoms. The lowest BCUT2D eigenvalue weighted by atomic mass is 10.2. The summed E-state index contributed by atoms with van der Waals surface area (Å²) < 4.78 is 5.04. The molecule has 6 nitrogen and oxygen atoms in total. The summed E-state index contributed by atoms with van der Waals surface area (Å²) in [6, 6.07) is 5.98. The molecule has 2 amide bonds. The summed E-state index contributed by atoms with van der Waals surface area (Å²) in [5.41, 5.74) is 0.932. The maximum absolute atomic E-state index is 11.7. The molecule has 0 aliphatic carbocycles. The fourth-order valence-electron chi connectivity index (χ4n) is 1.43. The molecule has 0 aliphatic rings. The second kappa shape index (κ2) is 6.63. The minimum absolute atomic E-state index is 0.391. The van der Waals surface area contributed by atoms with E-state index >= 15 is 0 Å². The van der Waals surface area contributed by atoms with Crippen molar-refractivity contribution in [3.8, 4) is 5.75 Å². The number of carbonyl (C=O) groups excluding carboxylic acids is 1. The van der Waals surface area contributed by atoms with E-state index in [1.807, 2.05) is 12.1 Å². The molecular weight excluding hydrogens is 248 g/mol. The largest absolute Gasteiger partial charge is 0.497 e. The molecule has 0 fully saturated rings. The molecule has 104 valence electrons. The van der Waals surface area contributed by atoms with E-state index in [1.54, 1.807) is 26.3 Å². The monoisotopic (exact) mass is 266 g/mol. The number of methoxy groups -OCH3 is 1. The van der Waals surface area contributed by atoms with Gasteiger partial charge in [0.25, 0.3) is 0 Å². The maximum atomic E-state index is 11.7. The molecule has 19 heavy (non-hydrogen) atoms. The molecule has 0 heterocycles. The molecule has 6 heteroatoms. The predicted molar refractivity (Wildman–Crippen MR) is 70.1 cm³/mol. The highest BCUT2D eigenvalue weighted by Gasteiger charge is 2.16. The number of nitrogens with zero attached hydrogens (tertiary/aromatic N) is 1. The topological polar surface area (TPSA) is 78.9 Å². The van der Waals surface area contributed by atoms with Crippen LogP contribution >= 0.6 is 0 Å². The summed E-state index contributed by atoms with van der Waals surface area (Å²) >= 11 is 0. The lowest BCUT2D eigenvalue weighted by Gasteiger charge is -2.19. The summed E-state index contributed by atoms with van der Waals surface area (Å²) in [6.45, 7) is 1.81. The number of benzene rings is 1. The third kappa shape index (κ3) is 4.50. The number of rotatable bonds is 5. The van der Waals surface area contributed by atoms with E-state index in [4.69, 9.17) is 9.84 Å². The van der Waals surface area contributed by atoms with Crippen LogP contribution < -0.4 is 10.1 Å². The van der Waals surface area contributed by atoms with Crippen LogP contribution in [0, 0.1) is 0 Å². The zero-order valence-corrected chi connectivity index (χ0v) is 11.2. The lowest BCUT2D eigenvalue weighted by molar-refractivity contribution is -0.138. The average molecular weight is 266 g/mol. The molecule has 0 unspecified atom stereocenters. The summed E-state index contributed by atoms with van der Waals surface area (Å²) in [7, 11) is 3.19. The van der Waals surface area contributed by atoms with Crippen molar-refractivity contribution in [2.75, 3.05) is 14.2 Å². The molecule has 0 saturated carbocycles. The van der Waals surface area contributed by atoms with E-state index in [0.29, 0.717) is 6.54 Å². The molecule has 1 rings (SSSR count). The molecular formula is C13H18N2O4. The van der Waals surface area contributed by atoms with Crippen molar-refractivity contribution in [3.63, 3.8) is 0 Å². The van der Waals surface area contributed by atoms with Crippen molar-refractivity contribution in [3.05, 3.63) is 29.8 Å². The van der Waals surface area contributed by atoms with Crippen LogP contribution in [0.15, 0.2) is 24.3 Å². The minimum Gasteiger partial charge on any atom is -0.497 e. The number of carboxylic acid groups (broad SMARTS) is 1. The number of carbonyl (C=O) groups is 2. The van der Waals surface area contributed by atoms with Crippen LogP contribution in [0.5, 0.6) is 5.75 Å². The van der Waals surface area contributed by atoms with Crippen molar-refractivity contribution in [1.29, 1.82) is 0 Å². The average Bonchev–Trinajstić information content (AvgIpc) is 2.39. The summed E-state index contributed by atoms with van der Waals surface area (Å²) in [5.74, 6) is -0.318. The van der Waals surface area contributed by atoms with Crippen molar-refractivity contribution in [2.24, 2.45) is 0 Å². The summed E-state index contributed by atoms with van der Waals surface area (Å²) in [5, 5.41) is 11.1. The summed E-state index contributed by atoms with van der Waals surface area (Å²) in [6.07, 6.45) is 0. The maximum Gasteiger partial charge on any atom is 0.325 e. The van der Waals surface area contributed by atoms with Gasteiger partial charge in [0.15, 0.2) is 0 Å². The van der Waals surface area contributed by atoms with Gasteiger partial charge in [0.2, 0.25) is 0 Å². The number of hydrogen-bond acceptors (Lipinski definition) is 3. The highest BCUT2D eigenvalue weighted by molar-refractivity contribution is 5.82. The first kappa shape index (κ1) is 14.8. The molecule has 0 saturated heterocycles. The van der Waals surface area contributed by atoms with Gasteiger partial charge in [-0.1, -0.05) is 12.1 Å². The first-order valence-corrected chi connectivity index (χ1v) is 5.81. The minimum atomic E-state index is -1.06. The number of nitrogens with one attached hydrogen (secondary N) is 1. The van der Waals surface area contributed by atoms with Crippen molar-refractivity contribution >= 4 is 12.0 Å². The zero-order chi connectivity index (χ0) is 14.4. The van der Waals surface area contributed by atoms with Gasteiger partial charge >= 0.3 is 12.0 Å². The SMILES string of the molecule is COc1ccc(CN(C)C(=O)N[C@H](C)C(=O)O)cc1. The van der Waals surface area contributed by atoms with Gasteiger partial charge < -0.3 is 20.1 Å². The van der Waals surface area contributed by atoms with Crippen LogP contribution in [0.25, 0.3) is 0 Å². The second-order valence-corrected chi connectivity index (χ2v) is 4.21. The Bertz CT molecular complexity index is 444. The standard InChI is InChI=1S/C13H18N2O4/c1-9(12(16)17)14-13(18)15(2)8-10-4-6-11(19-3)7-5-10/h4-7,9H,8H2,1-3H3,(H,14,18)(H,16,17)/t9-/m1/s1. The first-order chi connectivity index (χ1) is 8.93. The zero-order valence-electron chi connectivity index (χ0n) is 11.2. The quantitative estimate of drug-likeness (QED) is 0.842. The Labute approximate surface area is 112 Å². The highest BCUT2D eigenvalue weighted by Crippen LogP contribution is 2.12. The summed E-state index contributed by atoms with van der Waals surface area (Å²) in [4.78, 5) is 23.8. The third-order valence-electron chi connectivity index (χ3n) is 2.64. The van der Waals surface area contributed by atoms with E-state index in [0.717, 1.165) is 11.3 Å². The lowest BCUT2D eigenvalue weighted by Crippen LogP contribution is -2.44. The van der Waals surface area contributed by atoms with Gasteiger partial charge in [0.05, 0.1) is 7.11 Å². The molecule has 0 aromatic heterocycles. The van der Waals surface area contributed by atoms with Crippen molar-refractivity contribution < 1.29 is 19.4 Å². The van der Waals surface area contributed by atoms with Crippen LogP contribution in [0.3, 0.4) is 0 Å². The van der Waals surface area contributed by atoms with Gasteiger partial charge in [-0.3, -0.25) is 4.79 Å². The van der Waals surface area contributed by atoms with E-state index in [1.165, 1.54) is 11.8 Å². The Kier molecular flexibility index (Phi) is 5.17. The fourth-order valence-corrected chi connectivity index (χ4v) is 1.43. The Morgan fingerprint density at radius 3 is 2.42 bits per heavy atom. The van der Waals surface area contributed by atoms with Gasteiger partial charge in [-0.25, -0.2) is 4.79 Å². The molecule has 0 radical (unpaired) electrons. The molecule has 2 N–H and O–H groups in total. The Balaban J connectivity index is 2.55. The van der Waals surface area contributed by atoms with Crippen molar-refractivity contribution in [2.45, 2.75) is 19.5 Å². The number of ether oxygens (including phenoxy) is 1. The van der Waals surface area contributed by atoms with Crippen LogP contribution in [-0.2, 0) is 11.3 Å². The van der Waals surface area contributed by atoms with Crippen molar-refractivity contribution in [1.82, 2.24) is 10.2 Å². The fraction of sp³-hybridized carbons (Fsp3) is 0.385. The first-order valence-electron chi connectivity index (χ1n) is 5.81. The number of amides is 2. The van der Waals surface area contributed by atoms with Crippen LogP contribution in [0.4, 0.5) is 4.79 Å². The van der Waals surface area contributed by atoms with Crippen LogP contribution in [0.1, 0.15) is 12.5 Å². The van der Waals surface area contributed by atoms with Gasteiger partial charge in [0, 0.05) is 13.6 Å². The number of carboxylic acids is 1. The highest BCUT2D eigenvalue weighted by atomic mass is 16.5. The van der Waals surface area contributed by atoms with Crippen LogP contribution in [0.2, 0.25) is 0 Å². The Hall–Kier alpha value is -2.24. The van der Waals surface area contributed by atoms with Gasteiger partial charge in [-0.05, 0) is 24.6 Å². The Morgan fingerprint density at radius 1 is 1.37 bits per heavy atom. The predicted octanol–water partition coefficient (Wildman–Crippen LogP) is 1.31. The van der Waals surface area contributed by atoms with E-state index in [-0.39, 0.29) is 0 Å². The number of aliphatic carboxylic acids is 1. The molecule has 0 aliphatic heterocycles. The van der Waals surface area contributed by atoms with E-state index in [9.17, 15) is 9.59 Å². The molecule has 0 bridgehead atoms. The number of urea groups is 1. The van der Waals surface area contributed by atoms with Crippen LogP contribution in [-0.4, -0.2) is 42.2 Å². The van der Waals surface area contributed by atoms with E-state index < -0.39 is 18.0 Å². The molecule has 1 aromatic carbocycles. The third-order valence-corrected chi connectivity index (χ3v) is 2.64. The van der Waals surface area contributed by atoms with Gasteiger partial charge in [-0.15, -0.1) is 0 Å². The normalized spacial score (nSPS) is 11.5. The number of hydrogen-bond donors (Lipinski definition) is 2. The molecule has 1 atom stereocenters. The van der Waals surface area contributed by atoms with Gasteiger partial charge in [-0.2, -0.15) is 0 Å².